The van der Waals surface area contributed by atoms with Crippen molar-refractivity contribution >= 4 is 22.3 Å². The quantitative estimate of drug-likeness (QED) is 0.650. The van der Waals surface area contributed by atoms with Crippen molar-refractivity contribution in [1.82, 2.24) is 9.44 Å². The summed E-state index contributed by atoms with van der Waals surface area (Å²) in [5.41, 5.74) is -1.00. The van der Waals surface area contributed by atoms with Crippen molar-refractivity contribution < 1.29 is 27.9 Å². The van der Waals surface area contributed by atoms with Crippen LogP contribution in [0.3, 0.4) is 0 Å². The number of rotatable bonds is 6. The lowest BCUT2D eigenvalue weighted by Gasteiger charge is -2.40. The van der Waals surface area contributed by atoms with E-state index >= 15 is 0 Å². The molecule has 0 bridgehead atoms. The summed E-state index contributed by atoms with van der Waals surface area (Å²) in [6.07, 6.45) is -0.252. The molecule has 8 nitrogen and oxygen atoms in total. The lowest BCUT2D eigenvalue weighted by atomic mass is 9.75. The normalized spacial score (nSPS) is 17.6. The van der Waals surface area contributed by atoms with Crippen molar-refractivity contribution in [2.24, 2.45) is 0 Å². The van der Waals surface area contributed by atoms with Gasteiger partial charge < -0.3 is 9.84 Å². The summed E-state index contributed by atoms with van der Waals surface area (Å²) in [4.78, 5) is 21.9. The Kier molecular flexibility index (Phi) is 4.75. The Morgan fingerprint density at radius 2 is 1.95 bits per heavy atom. The van der Waals surface area contributed by atoms with Gasteiger partial charge in [-0.1, -0.05) is 0 Å². The van der Waals surface area contributed by atoms with Crippen LogP contribution in [0.15, 0.2) is 0 Å². The van der Waals surface area contributed by atoms with E-state index in [0.717, 1.165) is 6.42 Å². The molecule has 19 heavy (non-hydrogen) atoms. The molecule has 0 aliphatic heterocycles. The molecule has 1 saturated carbocycles. The molecule has 1 rings (SSSR count). The number of amides is 1. The topological polar surface area (TPSA) is 122 Å². The van der Waals surface area contributed by atoms with Crippen molar-refractivity contribution in [1.29, 1.82) is 0 Å². The highest BCUT2D eigenvalue weighted by Crippen LogP contribution is 2.35. The summed E-state index contributed by atoms with van der Waals surface area (Å²) in [5, 5.41) is 8.76. The first kappa shape index (κ1) is 15.7. The first-order chi connectivity index (χ1) is 8.64. The summed E-state index contributed by atoms with van der Waals surface area (Å²) in [5.74, 6) is -1.09. The van der Waals surface area contributed by atoms with Gasteiger partial charge in [0.15, 0.2) is 0 Å². The van der Waals surface area contributed by atoms with Crippen LogP contribution in [0.1, 0.15) is 39.5 Å². The maximum atomic E-state index is 11.7. The number of aliphatic carboxylic acids is 1. The molecule has 1 aliphatic carbocycles. The molecule has 1 amide bonds. The van der Waals surface area contributed by atoms with Crippen LogP contribution in [0.5, 0.6) is 0 Å². The molecule has 0 saturated heterocycles. The maximum absolute atomic E-state index is 11.7. The van der Waals surface area contributed by atoms with E-state index < -0.39 is 33.9 Å². The highest BCUT2D eigenvalue weighted by atomic mass is 32.2. The van der Waals surface area contributed by atoms with Gasteiger partial charge in [-0.3, -0.25) is 4.79 Å². The summed E-state index contributed by atoms with van der Waals surface area (Å²) in [6.45, 7) is 3.16. The predicted octanol–water partition coefficient (Wildman–Crippen LogP) is 0.353. The highest BCUT2D eigenvalue weighted by molar-refractivity contribution is 7.88. The maximum Gasteiger partial charge on any atom is 0.422 e. The molecular weight excluding hydrogens is 276 g/mol. The minimum absolute atomic E-state index is 0.312. The Hall–Kier alpha value is -1.35. The van der Waals surface area contributed by atoms with Gasteiger partial charge in [-0.15, -0.1) is 0 Å². The number of hydrogen-bond donors (Lipinski definition) is 3. The number of ether oxygens (including phenoxy) is 1. The second-order valence-corrected chi connectivity index (χ2v) is 6.28. The van der Waals surface area contributed by atoms with Crippen molar-refractivity contribution in [3.63, 3.8) is 0 Å². The van der Waals surface area contributed by atoms with Crippen LogP contribution in [-0.2, 0) is 19.7 Å². The third-order valence-electron chi connectivity index (χ3n) is 2.71. The average Bonchev–Trinajstić information content (AvgIpc) is 2.09. The second-order valence-electron chi connectivity index (χ2n) is 4.87. The van der Waals surface area contributed by atoms with E-state index in [9.17, 15) is 18.0 Å². The number of carboxylic acids is 1. The number of carbonyl (C=O) groups is 2. The molecule has 9 heteroatoms. The smallest absolute Gasteiger partial charge is 0.422 e. The molecule has 0 radical (unpaired) electrons. The van der Waals surface area contributed by atoms with Gasteiger partial charge >= 0.3 is 22.3 Å². The van der Waals surface area contributed by atoms with Gasteiger partial charge in [0.05, 0.1) is 12.5 Å². The fraction of sp³-hybridized carbons (Fsp3) is 0.800. The molecule has 1 aliphatic rings. The SMILES string of the molecule is CC(C)OC(=O)NS(=O)(=O)NC1(CC(=O)O)CCC1. The van der Waals surface area contributed by atoms with E-state index in [1.807, 2.05) is 0 Å². The van der Waals surface area contributed by atoms with Crippen molar-refractivity contribution in [2.45, 2.75) is 51.2 Å². The van der Waals surface area contributed by atoms with E-state index in [2.05, 4.69) is 9.46 Å². The van der Waals surface area contributed by atoms with Crippen LogP contribution in [0.25, 0.3) is 0 Å². The van der Waals surface area contributed by atoms with Crippen molar-refractivity contribution in [2.75, 3.05) is 0 Å². The second kappa shape index (κ2) is 5.74. The van der Waals surface area contributed by atoms with Crippen LogP contribution < -0.4 is 9.44 Å². The minimum atomic E-state index is -4.13. The molecule has 0 unspecified atom stereocenters. The Labute approximate surface area is 111 Å². The third kappa shape index (κ3) is 5.03. The number of nitrogens with one attached hydrogen (secondary N) is 2. The Bertz CT molecular complexity index is 455. The van der Waals surface area contributed by atoms with Crippen LogP contribution in [0, 0.1) is 0 Å². The van der Waals surface area contributed by atoms with E-state index in [-0.39, 0.29) is 6.42 Å². The molecule has 110 valence electrons. The van der Waals surface area contributed by atoms with Crippen LogP contribution in [0.2, 0.25) is 0 Å². The molecule has 1 fully saturated rings. The van der Waals surface area contributed by atoms with Gasteiger partial charge in [-0.2, -0.15) is 13.1 Å². The van der Waals surface area contributed by atoms with E-state index in [4.69, 9.17) is 5.11 Å². The van der Waals surface area contributed by atoms with Gasteiger partial charge in [-0.05, 0) is 33.1 Å². The van der Waals surface area contributed by atoms with Crippen LogP contribution >= 0.6 is 0 Å². The van der Waals surface area contributed by atoms with Gasteiger partial charge in [0.25, 0.3) is 0 Å². The number of carboxylic acid groups (broad SMARTS) is 1. The van der Waals surface area contributed by atoms with Crippen molar-refractivity contribution in [3.8, 4) is 0 Å². The average molecular weight is 294 g/mol. The van der Waals surface area contributed by atoms with E-state index in [0.29, 0.717) is 12.8 Å². The molecule has 0 aromatic heterocycles. The van der Waals surface area contributed by atoms with Gasteiger partial charge in [0, 0.05) is 5.54 Å². The minimum Gasteiger partial charge on any atom is -0.481 e. The lowest BCUT2D eigenvalue weighted by molar-refractivity contribution is -0.139. The standard InChI is InChI=1S/C10H18N2O6S/c1-7(2)18-9(15)11-19(16,17)12-10(4-3-5-10)6-8(13)14/h7,12H,3-6H2,1-2H3,(H,11,15)(H,13,14). The fourth-order valence-electron chi connectivity index (χ4n) is 1.87. The molecule has 0 atom stereocenters. The zero-order valence-electron chi connectivity index (χ0n) is 10.8. The largest absolute Gasteiger partial charge is 0.481 e. The monoisotopic (exact) mass is 294 g/mol. The zero-order valence-corrected chi connectivity index (χ0v) is 11.6. The first-order valence-electron chi connectivity index (χ1n) is 5.88. The van der Waals surface area contributed by atoms with E-state index in [1.54, 1.807) is 18.6 Å². The highest BCUT2D eigenvalue weighted by Gasteiger charge is 2.42. The molecule has 0 aromatic rings. The summed E-state index contributed by atoms with van der Waals surface area (Å²) < 4.78 is 32.0. The zero-order chi connectivity index (χ0) is 14.7. The van der Waals surface area contributed by atoms with Gasteiger partial charge in [0.2, 0.25) is 0 Å². The summed E-state index contributed by atoms with van der Waals surface area (Å²) in [7, 11) is -4.13. The molecule has 0 aromatic carbocycles. The Morgan fingerprint density at radius 1 is 1.37 bits per heavy atom. The summed E-state index contributed by atoms with van der Waals surface area (Å²) >= 11 is 0. The number of hydrogen-bond acceptors (Lipinski definition) is 5. The van der Waals surface area contributed by atoms with Crippen molar-refractivity contribution in [3.05, 3.63) is 0 Å². The molecule has 0 heterocycles. The Morgan fingerprint density at radius 3 is 2.32 bits per heavy atom. The molecule has 3 N–H and O–H groups in total. The summed E-state index contributed by atoms with van der Waals surface area (Å²) in [6, 6.07) is 0. The first-order valence-corrected chi connectivity index (χ1v) is 7.37. The van der Waals surface area contributed by atoms with E-state index in [1.165, 1.54) is 0 Å². The number of carbonyl (C=O) groups excluding carboxylic acids is 1. The molecule has 0 spiro atoms. The van der Waals surface area contributed by atoms with Crippen LogP contribution in [-0.4, -0.2) is 37.2 Å². The Balaban J connectivity index is 2.63. The predicted molar refractivity (Wildman–Crippen MR) is 65.6 cm³/mol. The lowest BCUT2D eigenvalue weighted by Crippen LogP contribution is -2.58. The van der Waals surface area contributed by atoms with Crippen LogP contribution in [0.4, 0.5) is 4.79 Å². The van der Waals surface area contributed by atoms with Gasteiger partial charge in [0.1, 0.15) is 0 Å². The third-order valence-corrected chi connectivity index (χ3v) is 3.85. The fourth-order valence-corrected chi connectivity index (χ4v) is 3.03. The van der Waals surface area contributed by atoms with Gasteiger partial charge in [-0.25, -0.2) is 9.52 Å². The molecular formula is C10H18N2O6S.